The molecule has 0 bridgehead atoms. The Morgan fingerprint density at radius 2 is 1.54 bits per heavy atom. The molecule has 0 aliphatic heterocycles. The minimum Gasteiger partial charge on any atom is -0.325 e. The molecule has 24 heavy (non-hydrogen) atoms. The summed E-state index contributed by atoms with van der Waals surface area (Å²) in [5.74, 6) is 0.445. The van der Waals surface area contributed by atoms with Crippen LogP contribution in [0.3, 0.4) is 0 Å². The Hall–Kier alpha value is -1.05. The van der Waals surface area contributed by atoms with Crippen LogP contribution >= 0.6 is 12.4 Å². The molecule has 134 valence electrons. The quantitative estimate of drug-likeness (QED) is 0.494. The van der Waals surface area contributed by atoms with E-state index in [0.717, 1.165) is 12.8 Å². The molecule has 0 aliphatic rings. The average molecular weight is 348 g/mol. The number of hydrogen-bond donors (Lipinski definition) is 1. The molecule has 0 spiro atoms. The normalized spacial score (nSPS) is 12.8. The molecule has 2 aromatic carbocycles. The predicted octanol–water partition coefficient (Wildman–Crippen LogP) is 6.83. The summed E-state index contributed by atoms with van der Waals surface area (Å²) in [6, 6.07) is 15.5. The lowest BCUT2D eigenvalue weighted by atomic mass is 9.72. The van der Waals surface area contributed by atoms with Crippen LogP contribution in [0.1, 0.15) is 77.2 Å². The monoisotopic (exact) mass is 347 g/mol. The third-order valence-corrected chi connectivity index (χ3v) is 5.56. The highest BCUT2D eigenvalue weighted by molar-refractivity contribution is 5.86. The van der Waals surface area contributed by atoms with Crippen molar-refractivity contribution in [2.24, 2.45) is 5.73 Å². The van der Waals surface area contributed by atoms with Crippen LogP contribution in [0.4, 0.5) is 0 Å². The second-order valence-electron chi connectivity index (χ2n) is 6.91. The van der Waals surface area contributed by atoms with Crippen molar-refractivity contribution < 1.29 is 0 Å². The summed E-state index contributed by atoms with van der Waals surface area (Å²) in [6.45, 7) is 6.76. The van der Waals surface area contributed by atoms with E-state index in [-0.39, 0.29) is 17.9 Å². The number of rotatable bonds is 9. The minimum absolute atomic E-state index is 0. The van der Waals surface area contributed by atoms with Gasteiger partial charge in [0.15, 0.2) is 0 Å². The fourth-order valence-electron chi connectivity index (χ4n) is 3.83. The molecule has 1 unspecified atom stereocenters. The van der Waals surface area contributed by atoms with E-state index >= 15 is 0 Å². The molecule has 0 aliphatic carbocycles. The van der Waals surface area contributed by atoms with Gasteiger partial charge in [-0.05, 0) is 35.6 Å². The maximum Gasteiger partial charge on any atom is 0.0218 e. The van der Waals surface area contributed by atoms with Crippen molar-refractivity contribution in [3.63, 3.8) is 0 Å². The van der Waals surface area contributed by atoms with Crippen molar-refractivity contribution in [1.82, 2.24) is 0 Å². The molecular formula is C22H34ClN. The van der Waals surface area contributed by atoms with Gasteiger partial charge in [-0.1, -0.05) is 88.9 Å². The first-order valence-corrected chi connectivity index (χ1v) is 9.42. The van der Waals surface area contributed by atoms with Crippen LogP contribution in [0, 0.1) is 0 Å². The smallest absolute Gasteiger partial charge is 0.0218 e. The van der Waals surface area contributed by atoms with Crippen LogP contribution in [-0.2, 0) is 0 Å². The summed E-state index contributed by atoms with van der Waals surface area (Å²) in [4.78, 5) is 0. The number of halogens is 1. The Morgan fingerprint density at radius 1 is 0.875 bits per heavy atom. The fourth-order valence-corrected chi connectivity index (χ4v) is 3.83. The van der Waals surface area contributed by atoms with Crippen LogP contribution in [0.15, 0.2) is 42.5 Å². The second-order valence-corrected chi connectivity index (χ2v) is 6.91. The van der Waals surface area contributed by atoms with Gasteiger partial charge in [0.1, 0.15) is 0 Å². The van der Waals surface area contributed by atoms with Gasteiger partial charge in [-0.25, -0.2) is 0 Å². The number of fused-ring (bicyclic) bond motifs is 1. The van der Waals surface area contributed by atoms with E-state index < -0.39 is 0 Å². The second kappa shape index (κ2) is 10.1. The molecule has 2 N–H and O–H groups in total. The van der Waals surface area contributed by atoms with Gasteiger partial charge < -0.3 is 5.73 Å². The lowest BCUT2D eigenvalue weighted by Crippen LogP contribution is -2.44. The summed E-state index contributed by atoms with van der Waals surface area (Å²) in [6.07, 6.45) is 8.48. The highest BCUT2D eigenvalue weighted by Crippen LogP contribution is 2.39. The molecule has 2 rings (SSSR count). The molecule has 0 saturated heterocycles. The Balaban J connectivity index is 0.00000288. The first kappa shape index (κ1) is 21.0. The van der Waals surface area contributed by atoms with Gasteiger partial charge in [0, 0.05) is 11.5 Å². The third kappa shape index (κ3) is 4.74. The Morgan fingerprint density at radius 3 is 2.21 bits per heavy atom. The van der Waals surface area contributed by atoms with Crippen molar-refractivity contribution in [1.29, 1.82) is 0 Å². The van der Waals surface area contributed by atoms with Gasteiger partial charge in [0.2, 0.25) is 0 Å². The number of hydrogen-bond acceptors (Lipinski definition) is 1. The molecule has 0 saturated carbocycles. The zero-order chi connectivity index (χ0) is 16.7. The van der Waals surface area contributed by atoms with Crippen molar-refractivity contribution in [3.8, 4) is 0 Å². The maximum atomic E-state index is 6.88. The van der Waals surface area contributed by atoms with Crippen LogP contribution in [-0.4, -0.2) is 5.54 Å². The Labute approximate surface area is 154 Å². The highest BCUT2D eigenvalue weighted by Gasteiger charge is 2.33. The topological polar surface area (TPSA) is 26.0 Å². The first-order valence-electron chi connectivity index (χ1n) is 9.42. The molecule has 0 aromatic heterocycles. The van der Waals surface area contributed by atoms with Gasteiger partial charge in [0.05, 0.1) is 0 Å². The Kier molecular flexibility index (Phi) is 8.80. The largest absolute Gasteiger partial charge is 0.325 e. The van der Waals surface area contributed by atoms with Crippen molar-refractivity contribution in [2.75, 3.05) is 0 Å². The number of benzene rings is 2. The number of nitrogens with two attached hydrogens (primary N) is 1. The highest BCUT2D eigenvalue weighted by atomic mass is 35.5. The van der Waals surface area contributed by atoms with Gasteiger partial charge >= 0.3 is 0 Å². The maximum absolute atomic E-state index is 6.88. The van der Waals surface area contributed by atoms with Crippen LogP contribution < -0.4 is 5.73 Å². The number of unbranched alkanes of at least 4 members (excludes halogenated alkanes) is 3. The molecule has 2 aromatic rings. The lowest BCUT2D eigenvalue weighted by molar-refractivity contribution is 0.301. The van der Waals surface area contributed by atoms with Crippen LogP contribution in [0.5, 0.6) is 0 Å². The summed E-state index contributed by atoms with van der Waals surface area (Å²) in [5.41, 5.74) is 8.23. The fraction of sp³-hybridized carbons (Fsp3) is 0.545. The van der Waals surface area contributed by atoms with E-state index in [4.69, 9.17) is 5.73 Å². The molecule has 2 heteroatoms. The first-order chi connectivity index (χ1) is 11.2. The van der Waals surface area contributed by atoms with Gasteiger partial charge in [-0.15, -0.1) is 12.4 Å². The van der Waals surface area contributed by atoms with E-state index in [0.29, 0.717) is 5.92 Å². The molecule has 0 radical (unpaired) electrons. The molecular weight excluding hydrogens is 314 g/mol. The van der Waals surface area contributed by atoms with E-state index in [2.05, 4.69) is 63.2 Å². The molecule has 1 nitrogen and oxygen atoms in total. The molecule has 0 fully saturated rings. The van der Waals surface area contributed by atoms with E-state index in [1.54, 1.807) is 0 Å². The molecule has 1 atom stereocenters. The van der Waals surface area contributed by atoms with Crippen molar-refractivity contribution in [2.45, 2.75) is 77.2 Å². The summed E-state index contributed by atoms with van der Waals surface area (Å²) < 4.78 is 0. The van der Waals surface area contributed by atoms with Gasteiger partial charge in [-0.3, -0.25) is 0 Å². The van der Waals surface area contributed by atoms with Crippen LogP contribution in [0.2, 0.25) is 0 Å². The molecule has 0 amide bonds. The standard InChI is InChI=1S/C22H33N.ClH/c1-4-7-8-9-17-21(22(23,5-2)6-3)20-16-12-14-18-13-10-11-15-19(18)20;/h10-16,21H,4-9,17,23H2,1-3H3;1H. The van der Waals surface area contributed by atoms with Crippen LogP contribution in [0.25, 0.3) is 10.8 Å². The third-order valence-electron chi connectivity index (χ3n) is 5.56. The van der Waals surface area contributed by atoms with E-state index in [1.807, 2.05) is 0 Å². The van der Waals surface area contributed by atoms with Gasteiger partial charge in [0.25, 0.3) is 0 Å². The Bertz CT molecular complexity index is 598. The summed E-state index contributed by atoms with van der Waals surface area (Å²) in [7, 11) is 0. The van der Waals surface area contributed by atoms with Crippen molar-refractivity contribution >= 4 is 23.2 Å². The van der Waals surface area contributed by atoms with Gasteiger partial charge in [-0.2, -0.15) is 0 Å². The lowest BCUT2D eigenvalue weighted by Gasteiger charge is -2.37. The van der Waals surface area contributed by atoms with E-state index in [1.165, 1.54) is 48.4 Å². The average Bonchev–Trinajstić information content (AvgIpc) is 2.61. The zero-order valence-corrected chi connectivity index (χ0v) is 16.4. The van der Waals surface area contributed by atoms with E-state index in [9.17, 15) is 0 Å². The minimum atomic E-state index is -0.101. The van der Waals surface area contributed by atoms with Crippen molar-refractivity contribution in [3.05, 3.63) is 48.0 Å². The SMILES string of the molecule is CCCCCCC(c1cccc2ccccc12)C(N)(CC)CC.Cl. The summed E-state index contributed by atoms with van der Waals surface area (Å²) in [5, 5.41) is 2.71. The zero-order valence-electron chi connectivity index (χ0n) is 15.6. The predicted molar refractivity (Wildman–Crippen MR) is 110 cm³/mol. The molecule has 0 heterocycles. The summed E-state index contributed by atoms with van der Waals surface area (Å²) >= 11 is 0.